The Bertz CT molecular complexity index is 1320. The van der Waals surface area contributed by atoms with Crippen molar-refractivity contribution in [3.05, 3.63) is 116 Å². The first kappa shape index (κ1) is 18.6. The quantitative estimate of drug-likeness (QED) is 0.444. The van der Waals surface area contributed by atoms with E-state index in [1.165, 1.54) is 0 Å². The highest BCUT2D eigenvalue weighted by molar-refractivity contribution is 6.30. The first-order chi connectivity index (χ1) is 14.5. The SMILES string of the molecule is Cc1ccc(CN2C(=O)c3oc4ccccc4c(=O)c3C2c2ccc(Cl)cc2)cc1. The molecule has 0 saturated heterocycles. The molecule has 1 aliphatic heterocycles. The van der Waals surface area contributed by atoms with Crippen LogP contribution < -0.4 is 5.43 Å². The molecule has 148 valence electrons. The molecule has 1 atom stereocenters. The third-order valence-corrected chi connectivity index (χ3v) is 5.78. The highest BCUT2D eigenvalue weighted by Crippen LogP contribution is 2.39. The Balaban J connectivity index is 1.71. The van der Waals surface area contributed by atoms with E-state index in [-0.39, 0.29) is 17.1 Å². The maximum Gasteiger partial charge on any atom is 0.291 e. The normalized spacial score (nSPS) is 15.6. The van der Waals surface area contributed by atoms with Crippen molar-refractivity contribution < 1.29 is 9.21 Å². The molecule has 2 heterocycles. The average molecular weight is 416 g/mol. The number of carbonyl (C=O) groups is 1. The molecular formula is C25H18ClNO3. The number of para-hydroxylation sites is 1. The van der Waals surface area contributed by atoms with Gasteiger partial charge >= 0.3 is 0 Å². The van der Waals surface area contributed by atoms with Gasteiger partial charge < -0.3 is 9.32 Å². The van der Waals surface area contributed by atoms with Crippen molar-refractivity contribution in [1.82, 2.24) is 4.90 Å². The zero-order valence-corrected chi connectivity index (χ0v) is 17.0. The Labute approximate surface area is 178 Å². The molecule has 4 nitrogen and oxygen atoms in total. The van der Waals surface area contributed by atoms with Gasteiger partial charge in [-0.3, -0.25) is 9.59 Å². The molecule has 0 aliphatic carbocycles. The molecule has 0 saturated carbocycles. The van der Waals surface area contributed by atoms with E-state index >= 15 is 0 Å². The number of hydrogen-bond acceptors (Lipinski definition) is 3. The van der Waals surface area contributed by atoms with Crippen LogP contribution in [0.2, 0.25) is 5.02 Å². The van der Waals surface area contributed by atoms with Crippen molar-refractivity contribution in [2.24, 2.45) is 0 Å². The first-order valence-electron chi connectivity index (χ1n) is 9.70. The van der Waals surface area contributed by atoms with E-state index in [0.29, 0.717) is 28.1 Å². The molecule has 1 aliphatic rings. The van der Waals surface area contributed by atoms with Crippen LogP contribution in [0.25, 0.3) is 11.0 Å². The monoisotopic (exact) mass is 415 g/mol. The standard InChI is InChI=1S/C25H18ClNO3/c1-15-6-8-16(9-7-15)14-27-22(17-10-12-18(26)13-11-17)21-23(28)19-4-2-3-5-20(19)30-24(21)25(27)29/h2-13,22H,14H2,1H3. The molecule has 0 N–H and O–H groups in total. The van der Waals surface area contributed by atoms with Crippen molar-refractivity contribution in [1.29, 1.82) is 0 Å². The summed E-state index contributed by atoms with van der Waals surface area (Å²) in [5, 5.41) is 1.07. The molecule has 4 aromatic rings. The van der Waals surface area contributed by atoms with Crippen LogP contribution >= 0.6 is 11.6 Å². The predicted molar refractivity (Wildman–Crippen MR) is 117 cm³/mol. The summed E-state index contributed by atoms with van der Waals surface area (Å²) in [7, 11) is 0. The lowest BCUT2D eigenvalue weighted by Gasteiger charge is -2.25. The number of nitrogens with zero attached hydrogens (tertiary/aromatic N) is 1. The van der Waals surface area contributed by atoms with E-state index < -0.39 is 6.04 Å². The van der Waals surface area contributed by atoms with Gasteiger partial charge in [-0.05, 0) is 42.3 Å². The number of amides is 1. The van der Waals surface area contributed by atoms with Crippen molar-refractivity contribution in [3.8, 4) is 0 Å². The van der Waals surface area contributed by atoms with Crippen LogP contribution in [0.3, 0.4) is 0 Å². The van der Waals surface area contributed by atoms with Crippen LogP contribution in [0.1, 0.15) is 38.9 Å². The van der Waals surface area contributed by atoms with Crippen LogP contribution in [-0.2, 0) is 6.54 Å². The molecule has 3 aromatic carbocycles. The highest BCUT2D eigenvalue weighted by Gasteiger charge is 2.42. The molecule has 1 amide bonds. The van der Waals surface area contributed by atoms with Gasteiger partial charge in [-0.1, -0.05) is 65.7 Å². The van der Waals surface area contributed by atoms with Crippen molar-refractivity contribution in [3.63, 3.8) is 0 Å². The fourth-order valence-corrected chi connectivity index (χ4v) is 4.14. The average Bonchev–Trinajstić information content (AvgIpc) is 3.03. The summed E-state index contributed by atoms with van der Waals surface area (Å²) >= 11 is 6.08. The van der Waals surface area contributed by atoms with E-state index in [1.54, 1.807) is 41.3 Å². The van der Waals surface area contributed by atoms with E-state index in [1.807, 2.05) is 43.3 Å². The first-order valence-corrected chi connectivity index (χ1v) is 10.1. The lowest BCUT2D eigenvalue weighted by atomic mass is 9.98. The summed E-state index contributed by atoms with van der Waals surface area (Å²) < 4.78 is 5.94. The third kappa shape index (κ3) is 3.01. The Morgan fingerprint density at radius 3 is 2.37 bits per heavy atom. The van der Waals surface area contributed by atoms with Gasteiger partial charge in [0, 0.05) is 11.6 Å². The van der Waals surface area contributed by atoms with Gasteiger partial charge in [0.25, 0.3) is 5.91 Å². The summed E-state index contributed by atoms with van der Waals surface area (Å²) in [4.78, 5) is 28.5. The Morgan fingerprint density at radius 1 is 0.933 bits per heavy atom. The molecule has 0 bridgehead atoms. The molecule has 0 radical (unpaired) electrons. The zero-order chi connectivity index (χ0) is 20.8. The number of aryl methyl sites for hydroxylation is 1. The molecular weight excluding hydrogens is 398 g/mol. The van der Waals surface area contributed by atoms with Gasteiger partial charge in [0.1, 0.15) is 5.58 Å². The minimum Gasteiger partial charge on any atom is -0.450 e. The van der Waals surface area contributed by atoms with Crippen molar-refractivity contribution in [2.45, 2.75) is 19.5 Å². The van der Waals surface area contributed by atoms with Crippen molar-refractivity contribution in [2.75, 3.05) is 0 Å². The van der Waals surface area contributed by atoms with Crippen LogP contribution in [0, 0.1) is 6.92 Å². The number of hydrogen-bond donors (Lipinski definition) is 0. The number of rotatable bonds is 3. The molecule has 30 heavy (non-hydrogen) atoms. The van der Waals surface area contributed by atoms with Gasteiger partial charge in [0.15, 0.2) is 5.43 Å². The molecule has 1 aromatic heterocycles. The van der Waals surface area contributed by atoms with Gasteiger partial charge in [-0.15, -0.1) is 0 Å². The van der Waals surface area contributed by atoms with Gasteiger partial charge in [0.2, 0.25) is 5.76 Å². The fourth-order valence-electron chi connectivity index (χ4n) is 4.01. The van der Waals surface area contributed by atoms with E-state index in [9.17, 15) is 9.59 Å². The second-order valence-corrected chi connectivity index (χ2v) is 7.98. The number of halogens is 1. The smallest absolute Gasteiger partial charge is 0.291 e. The summed E-state index contributed by atoms with van der Waals surface area (Å²) in [6, 6.07) is 21.8. The highest BCUT2D eigenvalue weighted by atomic mass is 35.5. The maximum absolute atomic E-state index is 13.4. The Morgan fingerprint density at radius 2 is 1.63 bits per heavy atom. The summed E-state index contributed by atoms with van der Waals surface area (Å²) in [5.74, 6) is -0.167. The molecule has 5 rings (SSSR count). The summed E-state index contributed by atoms with van der Waals surface area (Å²) in [6.45, 7) is 2.39. The Kier molecular flexibility index (Phi) is 4.44. The van der Waals surface area contributed by atoms with E-state index in [2.05, 4.69) is 0 Å². The van der Waals surface area contributed by atoms with Gasteiger partial charge in [0.05, 0.1) is 17.0 Å². The summed E-state index contributed by atoms with van der Waals surface area (Å²) in [6.07, 6.45) is 0. The lowest BCUT2D eigenvalue weighted by molar-refractivity contribution is 0.0714. The van der Waals surface area contributed by atoms with Crippen LogP contribution in [-0.4, -0.2) is 10.8 Å². The molecule has 1 unspecified atom stereocenters. The van der Waals surface area contributed by atoms with Crippen LogP contribution in [0.4, 0.5) is 0 Å². The second-order valence-electron chi connectivity index (χ2n) is 7.54. The second kappa shape index (κ2) is 7.15. The van der Waals surface area contributed by atoms with Gasteiger partial charge in [-0.25, -0.2) is 0 Å². The number of carbonyl (C=O) groups excluding carboxylic acids is 1. The Hall–Kier alpha value is -3.37. The van der Waals surface area contributed by atoms with Crippen LogP contribution in [0.15, 0.2) is 82.0 Å². The topological polar surface area (TPSA) is 50.5 Å². The zero-order valence-electron chi connectivity index (χ0n) is 16.3. The van der Waals surface area contributed by atoms with Crippen molar-refractivity contribution >= 4 is 28.5 Å². The molecule has 5 heteroatoms. The number of benzene rings is 3. The molecule has 0 spiro atoms. The summed E-state index contributed by atoms with van der Waals surface area (Å²) in [5.41, 5.74) is 3.58. The maximum atomic E-state index is 13.4. The van der Waals surface area contributed by atoms with Gasteiger partial charge in [-0.2, -0.15) is 0 Å². The minimum absolute atomic E-state index is 0.116. The lowest BCUT2D eigenvalue weighted by Crippen LogP contribution is -2.29. The largest absolute Gasteiger partial charge is 0.450 e. The minimum atomic E-state index is -0.535. The predicted octanol–water partition coefficient (Wildman–Crippen LogP) is 5.50. The molecule has 0 fully saturated rings. The third-order valence-electron chi connectivity index (χ3n) is 5.53. The van der Waals surface area contributed by atoms with Crippen LogP contribution in [0.5, 0.6) is 0 Å². The van der Waals surface area contributed by atoms with E-state index in [4.69, 9.17) is 16.0 Å². The number of fused-ring (bicyclic) bond motifs is 2. The van der Waals surface area contributed by atoms with E-state index in [0.717, 1.165) is 16.7 Å². The fraction of sp³-hybridized carbons (Fsp3) is 0.120.